The second-order valence-corrected chi connectivity index (χ2v) is 10.8. The van der Waals surface area contributed by atoms with Gasteiger partial charge in [-0.2, -0.15) is 16.5 Å². The second-order valence-electron chi connectivity index (χ2n) is 7.06. The summed E-state index contributed by atoms with van der Waals surface area (Å²) in [6, 6.07) is 23.4. The highest BCUT2D eigenvalue weighted by molar-refractivity contribution is 9.10. The predicted molar refractivity (Wildman–Crippen MR) is 133 cm³/mol. The maximum atomic E-state index is 12.9. The van der Waals surface area contributed by atoms with E-state index in [9.17, 15) is 13.2 Å². The van der Waals surface area contributed by atoms with Gasteiger partial charge in [0.1, 0.15) is 6.04 Å². The molecule has 0 saturated heterocycles. The van der Waals surface area contributed by atoms with Crippen LogP contribution in [0.15, 0.2) is 88.2 Å². The number of carbonyl (C=O) groups excluding carboxylic acids is 1. The molecule has 0 aromatic heterocycles. The zero-order chi connectivity index (χ0) is 23.0. The molecule has 1 atom stereocenters. The van der Waals surface area contributed by atoms with Gasteiger partial charge in [-0.25, -0.2) is 8.42 Å². The number of nitrogens with one attached hydrogen (secondary N) is 1. The molecule has 8 heteroatoms. The van der Waals surface area contributed by atoms with Crippen LogP contribution in [-0.4, -0.2) is 33.3 Å². The van der Waals surface area contributed by atoms with Gasteiger partial charge in [0.25, 0.3) is 0 Å². The largest absolute Gasteiger partial charge is 0.468 e. The van der Waals surface area contributed by atoms with E-state index < -0.39 is 22.0 Å². The zero-order valence-electron chi connectivity index (χ0n) is 17.5. The SMILES string of the molecule is COC(=O)C(CCSCc1ccccc1)NS(=O)(=O)c1ccc(-c2ccc(Br)cc2)cc1. The highest BCUT2D eigenvalue weighted by Crippen LogP contribution is 2.23. The normalized spacial score (nSPS) is 12.3. The van der Waals surface area contributed by atoms with Crippen molar-refractivity contribution in [3.05, 3.63) is 88.9 Å². The molecule has 1 unspecified atom stereocenters. The lowest BCUT2D eigenvalue weighted by Crippen LogP contribution is -2.41. The minimum Gasteiger partial charge on any atom is -0.468 e. The number of benzene rings is 3. The van der Waals surface area contributed by atoms with Crippen LogP contribution < -0.4 is 4.72 Å². The van der Waals surface area contributed by atoms with Gasteiger partial charge in [0.2, 0.25) is 10.0 Å². The van der Waals surface area contributed by atoms with Gasteiger partial charge >= 0.3 is 5.97 Å². The van der Waals surface area contributed by atoms with Gasteiger partial charge in [-0.3, -0.25) is 4.79 Å². The molecule has 0 aliphatic heterocycles. The first-order valence-corrected chi connectivity index (χ1v) is 13.4. The smallest absolute Gasteiger partial charge is 0.323 e. The van der Waals surface area contributed by atoms with Gasteiger partial charge in [-0.1, -0.05) is 70.5 Å². The van der Waals surface area contributed by atoms with Gasteiger partial charge in [-0.15, -0.1) is 0 Å². The van der Waals surface area contributed by atoms with Crippen molar-refractivity contribution in [1.82, 2.24) is 4.72 Å². The molecule has 0 aliphatic carbocycles. The van der Waals surface area contributed by atoms with E-state index in [4.69, 9.17) is 4.74 Å². The van der Waals surface area contributed by atoms with Crippen molar-refractivity contribution < 1.29 is 17.9 Å². The Morgan fingerprint density at radius 2 is 1.56 bits per heavy atom. The van der Waals surface area contributed by atoms with Crippen molar-refractivity contribution in [2.45, 2.75) is 23.1 Å². The lowest BCUT2D eigenvalue weighted by Gasteiger charge is -2.17. The van der Waals surface area contributed by atoms with Gasteiger partial charge in [0.05, 0.1) is 12.0 Å². The average Bonchev–Trinajstić information content (AvgIpc) is 2.81. The van der Waals surface area contributed by atoms with Crippen LogP contribution in [0, 0.1) is 0 Å². The number of hydrogen-bond donors (Lipinski definition) is 1. The van der Waals surface area contributed by atoms with Crippen LogP contribution in [0.5, 0.6) is 0 Å². The van der Waals surface area contributed by atoms with Gasteiger partial charge in [-0.05, 0) is 53.1 Å². The van der Waals surface area contributed by atoms with E-state index in [0.717, 1.165) is 21.4 Å². The monoisotopic (exact) mass is 533 g/mol. The molecule has 0 saturated carbocycles. The molecule has 3 aromatic carbocycles. The summed E-state index contributed by atoms with van der Waals surface area (Å²) in [6.07, 6.45) is 0.334. The summed E-state index contributed by atoms with van der Waals surface area (Å²) in [7, 11) is -2.62. The zero-order valence-corrected chi connectivity index (χ0v) is 20.8. The fraction of sp³-hybridized carbons (Fsp3) is 0.208. The van der Waals surface area contributed by atoms with Gasteiger partial charge < -0.3 is 4.74 Å². The minimum absolute atomic E-state index is 0.101. The topological polar surface area (TPSA) is 72.5 Å². The van der Waals surface area contributed by atoms with Crippen LogP contribution >= 0.6 is 27.7 Å². The first kappa shape index (κ1) is 24.5. The summed E-state index contributed by atoms with van der Waals surface area (Å²) in [5.41, 5.74) is 3.06. The van der Waals surface area contributed by atoms with Crippen LogP contribution in [0.4, 0.5) is 0 Å². The molecule has 3 rings (SSSR count). The summed E-state index contributed by atoms with van der Waals surface area (Å²) >= 11 is 5.04. The lowest BCUT2D eigenvalue weighted by molar-refractivity contribution is -0.142. The summed E-state index contributed by atoms with van der Waals surface area (Å²) in [6.45, 7) is 0. The third-order valence-electron chi connectivity index (χ3n) is 4.79. The summed E-state index contributed by atoms with van der Waals surface area (Å²) in [5.74, 6) is 0.805. The fourth-order valence-corrected chi connectivity index (χ4v) is 5.52. The van der Waals surface area contributed by atoms with Crippen LogP contribution in [0.25, 0.3) is 11.1 Å². The Morgan fingerprint density at radius 1 is 0.969 bits per heavy atom. The van der Waals surface area contributed by atoms with E-state index in [1.807, 2.05) is 54.6 Å². The molecule has 32 heavy (non-hydrogen) atoms. The van der Waals surface area contributed by atoms with Crippen molar-refractivity contribution in [3.8, 4) is 11.1 Å². The molecule has 0 heterocycles. The summed E-state index contributed by atoms with van der Waals surface area (Å²) < 4.78 is 34.0. The van der Waals surface area contributed by atoms with Crippen molar-refractivity contribution in [1.29, 1.82) is 0 Å². The van der Waals surface area contributed by atoms with Crippen molar-refractivity contribution in [3.63, 3.8) is 0 Å². The van der Waals surface area contributed by atoms with Crippen molar-refractivity contribution >= 4 is 43.7 Å². The van der Waals surface area contributed by atoms with Gasteiger partial charge in [0, 0.05) is 10.2 Å². The number of hydrogen-bond acceptors (Lipinski definition) is 5. The molecular formula is C24H24BrNO4S2. The molecule has 0 aliphatic rings. The molecule has 3 aromatic rings. The number of esters is 1. The van der Waals surface area contributed by atoms with E-state index in [1.54, 1.807) is 23.9 Å². The van der Waals surface area contributed by atoms with Crippen molar-refractivity contribution in [2.75, 3.05) is 12.9 Å². The molecule has 168 valence electrons. The number of thioether (sulfide) groups is 1. The minimum atomic E-state index is -3.88. The van der Waals surface area contributed by atoms with E-state index in [0.29, 0.717) is 12.2 Å². The molecule has 0 radical (unpaired) electrons. The highest BCUT2D eigenvalue weighted by Gasteiger charge is 2.26. The highest BCUT2D eigenvalue weighted by atomic mass is 79.9. The van der Waals surface area contributed by atoms with Crippen LogP contribution in [0.3, 0.4) is 0 Å². The van der Waals surface area contributed by atoms with Crippen molar-refractivity contribution in [2.24, 2.45) is 0 Å². The third-order valence-corrected chi connectivity index (χ3v) is 7.87. The van der Waals surface area contributed by atoms with Crippen LogP contribution in [-0.2, 0) is 25.3 Å². The number of sulfonamides is 1. The lowest BCUT2D eigenvalue weighted by atomic mass is 10.1. The maximum Gasteiger partial charge on any atom is 0.323 e. The summed E-state index contributed by atoms with van der Waals surface area (Å²) in [4.78, 5) is 12.3. The Balaban J connectivity index is 1.64. The first-order valence-electron chi connectivity index (χ1n) is 9.97. The molecule has 0 spiro atoms. The standard InChI is InChI=1S/C24H24BrNO4S2/c1-30-24(27)23(15-16-31-17-18-5-3-2-4-6-18)26-32(28,29)22-13-9-20(10-14-22)19-7-11-21(25)12-8-19/h2-14,23,26H,15-17H2,1H3. The summed E-state index contributed by atoms with van der Waals surface area (Å²) in [5, 5.41) is 0. The molecular weight excluding hydrogens is 510 g/mol. The predicted octanol–water partition coefficient (Wildman–Crippen LogP) is 5.26. The molecule has 0 bridgehead atoms. The quantitative estimate of drug-likeness (QED) is 0.284. The molecule has 0 fully saturated rings. The Morgan fingerprint density at radius 3 is 2.16 bits per heavy atom. The average molecular weight is 534 g/mol. The number of carbonyl (C=O) groups is 1. The Labute approximate surface area is 201 Å². The number of ether oxygens (including phenoxy) is 1. The number of halogens is 1. The van der Waals surface area contributed by atoms with Crippen LogP contribution in [0.1, 0.15) is 12.0 Å². The fourth-order valence-electron chi connectivity index (χ4n) is 3.06. The second kappa shape index (κ2) is 11.7. The first-order chi connectivity index (χ1) is 15.4. The molecule has 5 nitrogen and oxygen atoms in total. The molecule has 1 N–H and O–H groups in total. The van der Waals surface area contributed by atoms with E-state index >= 15 is 0 Å². The van der Waals surface area contributed by atoms with Gasteiger partial charge in [0.15, 0.2) is 0 Å². The number of methoxy groups -OCH3 is 1. The maximum absolute atomic E-state index is 12.9. The third kappa shape index (κ3) is 6.93. The van der Waals surface area contributed by atoms with E-state index in [2.05, 4.69) is 20.7 Å². The van der Waals surface area contributed by atoms with E-state index in [1.165, 1.54) is 24.8 Å². The number of rotatable bonds is 10. The van der Waals surface area contributed by atoms with Crippen LogP contribution in [0.2, 0.25) is 0 Å². The Kier molecular flexibility index (Phi) is 8.92. The Bertz CT molecular complexity index is 1120. The van der Waals surface area contributed by atoms with E-state index in [-0.39, 0.29) is 4.90 Å². The Hall–Kier alpha value is -2.13. The molecule has 0 amide bonds.